The molecule has 2 aromatic carbocycles. The molecule has 2 amide bonds. The summed E-state index contributed by atoms with van der Waals surface area (Å²) in [7, 11) is 1.61. The lowest BCUT2D eigenvalue weighted by Gasteiger charge is -2.22. The zero-order chi connectivity index (χ0) is 19.9. The van der Waals surface area contributed by atoms with E-state index in [9.17, 15) is 9.59 Å². The highest BCUT2D eigenvalue weighted by atomic mass is 16.5. The molecule has 0 aliphatic heterocycles. The summed E-state index contributed by atoms with van der Waals surface area (Å²) in [4.78, 5) is 27.2. The van der Waals surface area contributed by atoms with Crippen LogP contribution in [0.4, 0.5) is 5.82 Å². The van der Waals surface area contributed by atoms with Crippen molar-refractivity contribution in [3.05, 3.63) is 59.9 Å². The highest BCUT2D eigenvalue weighted by Gasteiger charge is 2.21. The molecule has 0 bridgehead atoms. The summed E-state index contributed by atoms with van der Waals surface area (Å²) < 4.78 is 10.0. The maximum atomic E-state index is 13.2. The van der Waals surface area contributed by atoms with Crippen LogP contribution in [0.3, 0.4) is 0 Å². The van der Waals surface area contributed by atoms with Crippen molar-refractivity contribution in [2.75, 3.05) is 32.1 Å². The van der Waals surface area contributed by atoms with Gasteiger partial charge in [-0.25, -0.2) is 0 Å². The number of ether oxygens (including phenoxy) is 1. The minimum absolute atomic E-state index is 0.0856. The SMILES string of the molecule is COCCCN(CC(=O)Nc1cc(C)on1)C(=O)c1cccc2ccccc12. The molecular formula is C21H23N3O4. The first kappa shape index (κ1) is 19.6. The number of carbonyl (C=O) groups excluding carboxylic acids is 2. The number of hydrogen-bond donors (Lipinski definition) is 1. The van der Waals surface area contributed by atoms with Crippen LogP contribution >= 0.6 is 0 Å². The van der Waals surface area contributed by atoms with E-state index in [-0.39, 0.29) is 18.4 Å². The molecule has 0 aliphatic carbocycles. The average molecular weight is 381 g/mol. The summed E-state index contributed by atoms with van der Waals surface area (Å²) in [5.74, 6) is 0.398. The van der Waals surface area contributed by atoms with Gasteiger partial charge in [0.2, 0.25) is 5.91 Å². The number of benzene rings is 2. The molecule has 28 heavy (non-hydrogen) atoms. The molecule has 3 rings (SSSR count). The van der Waals surface area contributed by atoms with Crippen LogP contribution in [0.25, 0.3) is 10.8 Å². The summed E-state index contributed by atoms with van der Waals surface area (Å²) in [5.41, 5.74) is 0.570. The molecule has 0 spiro atoms. The number of aryl methyl sites for hydroxylation is 1. The van der Waals surface area contributed by atoms with Crippen molar-refractivity contribution in [2.24, 2.45) is 0 Å². The molecule has 7 nitrogen and oxygen atoms in total. The molecule has 1 N–H and O–H groups in total. The van der Waals surface area contributed by atoms with Crippen molar-refractivity contribution in [2.45, 2.75) is 13.3 Å². The molecule has 0 fully saturated rings. The number of aromatic nitrogens is 1. The van der Waals surface area contributed by atoms with Crippen molar-refractivity contribution in [1.29, 1.82) is 0 Å². The first-order chi connectivity index (χ1) is 13.6. The van der Waals surface area contributed by atoms with Crippen LogP contribution in [0.1, 0.15) is 22.5 Å². The van der Waals surface area contributed by atoms with Gasteiger partial charge in [-0.1, -0.05) is 41.6 Å². The van der Waals surface area contributed by atoms with Gasteiger partial charge in [0.25, 0.3) is 5.91 Å². The summed E-state index contributed by atoms with van der Waals surface area (Å²) in [5, 5.41) is 8.25. The van der Waals surface area contributed by atoms with E-state index >= 15 is 0 Å². The van der Waals surface area contributed by atoms with Crippen molar-refractivity contribution in [3.63, 3.8) is 0 Å². The Hall–Kier alpha value is -3.19. The predicted octanol–water partition coefficient (Wildman–Crippen LogP) is 3.25. The Labute approximate surface area is 163 Å². The first-order valence-electron chi connectivity index (χ1n) is 9.07. The smallest absolute Gasteiger partial charge is 0.254 e. The van der Waals surface area contributed by atoms with Crippen LogP contribution in [-0.2, 0) is 9.53 Å². The largest absolute Gasteiger partial charge is 0.385 e. The van der Waals surface area contributed by atoms with Crippen LogP contribution in [0.2, 0.25) is 0 Å². The number of hydrogen-bond acceptors (Lipinski definition) is 5. The van der Waals surface area contributed by atoms with E-state index in [4.69, 9.17) is 9.26 Å². The van der Waals surface area contributed by atoms with Gasteiger partial charge in [0.1, 0.15) is 12.3 Å². The topological polar surface area (TPSA) is 84.7 Å². The van der Waals surface area contributed by atoms with Gasteiger partial charge in [0.05, 0.1) is 0 Å². The summed E-state index contributed by atoms with van der Waals surface area (Å²) in [6.07, 6.45) is 0.628. The summed E-state index contributed by atoms with van der Waals surface area (Å²) >= 11 is 0. The number of methoxy groups -OCH3 is 1. The zero-order valence-corrected chi connectivity index (χ0v) is 16.0. The van der Waals surface area contributed by atoms with Gasteiger partial charge >= 0.3 is 0 Å². The lowest BCUT2D eigenvalue weighted by molar-refractivity contribution is -0.117. The fourth-order valence-electron chi connectivity index (χ4n) is 3.02. The molecule has 3 aromatic rings. The third-order valence-electron chi connectivity index (χ3n) is 4.31. The van der Waals surface area contributed by atoms with E-state index in [0.29, 0.717) is 36.7 Å². The van der Waals surface area contributed by atoms with Crippen LogP contribution in [0.5, 0.6) is 0 Å². The van der Waals surface area contributed by atoms with E-state index in [1.807, 2.05) is 36.4 Å². The Kier molecular flexibility index (Phi) is 6.39. The second-order valence-corrected chi connectivity index (χ2v) is 6.47. The Balaban J connectivity index is 1.79. The molecule has 0 aliphatic rings. The second kappa shape index (κ2) is 9.14. The number of amides is 2. The standard InChI is InChI=1S/C21H23N3O4/c1-15-13-19(23-28-15)22-20(25)14-24(11-6-12-27-2)21(26)18-10-5-8-16-7-3-4-9-17(16)18/h3-5,7-10,13H,6,11-12,14H2,1-2H3,(H,22,23,25). The van der Waals surface area contributed by atoms with Gasteiger partial charge in [-0.2, -0.15) is 0 Å². The Morgan fingerprint density at radius 3 is 2.71 bits per heavy atom. The van der Waals surface area contributed by atoms with Gasteiger partial charge in [-0.05, 0) is 30.2 Å². The molecular weight excluding hydrogens is 358 g/mol. The molecule has 1 heterocycles. The maximum absolute atomic E-state index is 13.2. The van der Waals surface area contributed by atoms with Gasteiger partial charge in [0, 0.05) is 31.9 Å². The average Bonchev–Trinajstić information content (AvgIpc) is 3.10. The highest BCUT2D eigenvalue weighted by molar-refractivity contribution is 6.08. The molecule has 1 aromatic heterocycles. The zero-order valence-electron chi connectivity index (χ0n) is 16.0. The number of nitrogens with one attached hydrogen (secondary N) is 1. The number of fused-ring (bicyclic) bond motifs is 1. The van der Waals surface area contributed by atoms with E-state index in [0.717, 1.165) is 10.8 Å². The number of anilines is 1. The summed E-state index contributed by atoms with van der Waals surface area (Å²) in [6, 6.07) is 14.9. The Bertz CT molecular complexity index is 962. The quantitative estimate of drug-likeness (QED) is 0.606. The third-order valence-corrected chi connectivity index (χ3v) is 4.31. The lowest BCUT2D eigenvalue weighted by Crippen LogP contribution is -2.39. The molecule has 0 saturated heterocycles. The third kappa shape index (κ3) is 4.75. The van der Waals surface area contributed by atoms with E-state index < -0.39 is 0 Å². The first-order valence-corrected chi connectivity index (χ1v) is 9.07. The van der Waals surface area contributed by atoms with E-state index in [2.05, 4.69) is 10.5 Å². The van der Waals surface area contributed by atoms with Gasteiger partial charge in [-0.15, -0.1) is 0 Å². The van der Waals surface area contributed by atoms with Crippen LogP contribution in [-0.4, -0.2) is 48.7 Å². The summed E-state index contributed by atoms with van der Waals surface area (Å²) in [6.45, 7) is 2.56. The minimum atomic E-state index is -0.334. The number of nitrogens with zero attached hydrogens (tertiary/aromatic N) is 2. The fraction of sp³-hybridized carbons (Fsp3) is 0.286. The molecule has 0 saturated carbocycles. The molecule has 0 radical (unpaired) electrons. The van der Waals surface area contributed by atoms with Crippen molar-refractivity contribution in [3.8, 4) is 0 Å². The molecule has 7 heteroatoms. The number of carbonyl (C=O) groups is 2. The fourth-order valence-corrected chi connectivity index (χ4v) is 3.02. The van der Waals surface area contributed by atoms with E-state index in [1.54, 1.807) is 26.2 Å². The van der Waals surface area contributed by atoms with Gasteiger partial charge in [0.15, 0.2) is 5.82 Å². The minimum Gasteiger partial charge on any atom is -0.385 e. The normalized spacial score (nSPS) is 10.8. The maximum Gasteiger partial charge on any atom is 0.254 e. The van der Waals surface area contributed by atoms with Gasteiger partial charge in [-0.3, -0.25) is 9.59 Å². The van der Waals surface area contributed by atoms with Crippen LogP contribution in [0.15, 0.2) is 53.1 Å². The monoisotopic (exact) mass is 381 g/mol. The second-order valence-electron chi connectivity index (χ2n) is 6.47. The molecule has 146 valence electrons. The van der Waals surface area contributed by atoms with Crippen molar-refractivity contribution >= 4 is 28.4 Å². The van der Waals surface area contributed by atoms with E-state index in [1.165, 1.54) is 4.90 Å². The predicted molar refractivity (Wildman–Crippen MR) is 106 cm³/mol. The van der Waals surface area contributed by atoms with Gasteiger partial charge < -0.3 is 19.5 Å². The number of rotatable bonds is 8. The molecule has 0 atom stereocenters. The lowest BCUT2D eigenvalue weighted by atomic mass is 10.0. The van der Waals surface area contributed by atoms with Crippen molar-refractivity contribution < 1.29 is 18.8 Å². The van der Waals surface area contributed by atoms with Crippen LogP contribution in [0, 0.1) is 6.92 Å². The van der Waals surface area contributed by atoms with Crippen molar-refractivity contribution in [1.82, 2.24) is 10.1 Å². The Morgan fingerprint density at radius 1 is 1.18 bits per heavy atom. The highest BCUT2D eigenvalue weighted by Crippen LogP contribution is 2.20. The molecule has 0 unspecified atom stereocenters. The Morgan fingerprint density at radius 2 is 1.96 bits per heavy atom. The van der Waals surface area contributed by atoms with Crippen LogP contribution < -0.4 is 5.32 Å².